The average molecular weight is 377 g/mol. The molecule has 0 fully saturated rings. The van der Waals surface area contributed by atoms with Gasteiger partial charge in [-0.25, -0.2) is 14.5 Å². The van der Waals surface area contributed by atoms with Crippen LogP contribution in [0.1, 0.15) is 35.2 Å². The van der Waals surface area contributed by atoms with Crippen LogP contribution < -0.4 is 5.32 Å². The summed E-state index contributed by atoms with van der Waals surface area (Å²) in [5.41, 5.74) is 4.97. The van der Waals surface area contributed by atoms with Gasteiger partial charge in [0.25, 0.3) is 0 Å². The van der Waals surface area contributed by atoms with Crippen molar-refractivity contribution in [1.82, 2.24) is 10.3 Å². The summed E-state index contributed by atoms with van der Waals surface area (Å²) in [7, 11) is 0. The Hall–Kier alpha value is -2.82. The van der Waals surface area contributed by atoms with Gasteiger partial charge in [-0.05, 0) is 53.9 Å². The number of hydrogen-bond donors (Lipinski definition) is 1. The molecule has 2 aliphatic rings. The van der Waals surface area contributed by atoms with E-state index in [0.717, 1.165) is 50.2 Å². The first-order valence-electron chi connectivity index (χ1n) is 10.1. The van der Waals surface area contributed by atoms with Crippen LogP contribution in [0.4, 0.5) is 10.6 Å². The number of pyridine rings is 1. The molecule has 1 aliphatic heterocycles. The van der Waals surface area contributed by atoms with Crippen molar-refractivity contribution in [2.24, 2.45) is 0 Å². The summed E-state index contributed by atoms with van der Waals surface area (Å²) in [5, 5.41) is 3.00. The number of nitrogens with one attached hydrogen (secondary N) is 1. The molecule has 0 saturated heterocycles. The highest BCUT2D eigenvalue weighted by molar-refractivity contribution is 5.67. The van der Waals surface area contributed by atoms with E-state index in [1.807, 2.05) is 4.58 Å². The van der Waals surface area contributed by atoms with Crippen LogP contribution in [0.2, 0.25) is 0 Å². The van der Waals surface area contributed by atoms with Crippen molar-refractivity contribution in [3.8, 4) is 0 Å². The first-order valence-corrected chi connectivity index (χ1v) is 10.1. The van der Waals surface area contributed by atoms with Crippen LogP contribution in [0, 0.1) is 0 Å². The molecule has 2 amide bonds. The van der Waals surface area contributed by atoms with Gasteiger partial charge in [0.2, 0.25) is 0 Å². The van der Waals surface area contributed by atoms with Gasteiger partial charge < -0.3 is 0 Å². The zero-order valence-corrected chi connectivity index (χ0v) is 16.4. The average Bonchev–Trinajstić information content (AvgIpc) is 2.73. The molecule has 1 unspecified atom stereocenters. The summed E-state index contributed by atoms with van der Waals surface area (Å²) in [6.07, 6.45) is 5.72. The number of aromatic nitrogens is 1. The van der Waals surface area contributed by atoms with Crippen molar-refractivity contribution >= 4 is 25.3 Å². The van der Waals surface area contributed by atoms with Crippen molar-refractivity contribution in [1.29, 1.82) is 0 Å². The molecular formula is C23H28N4O+2. The normalized spacial score (nSPS) is 18.1. The van der Waals surface area contributed by atoms with Crippen LogP contribution in [-0.2, 0) is 25.7 Å². The molecule has 0 radical (unpaired) electrons. The van der Waals surface area contributed by atoms with E-state index in [-0.39, 0.29) is 12.1 Å². The number of rotatable bonds is 4. The fourth-order valence-corrected chi connectivity index (χ4v) is 4.20. The maximum atomic E-state index is 12.5. The van der Waals surface area contributed by atoms with Gasteiger partial charge in [0.05, 0.1) is 32.9 Å². The van der Waals surface area contributed by atoms with Gasteiger partial charge in [-0.15, -0.1) is 0 Å². The molecule has 28 heavy (non-hydrogen) atoms. The minimum absolute atomic E-state index is 0.110. The molecule has 1 aromatic carbocycles. The molecule has 0 saturated carbocycles. The molecule has 5 heteroatoms. The second-order valence-corrected chi connectivity index (χ2v) is 7.77. The fourth-order valence-electron chi connectivity index (χ4n) is 4.20. The Kier molecular flexibility index (Phi) is 5.33. The lowest BCUT2D eigenvalue weighted by molar-refractivity contribution is -0.466. The Labute approximate surface area is 166 Å². The number of carbonyl (C=O) groups excluding carboxylic acids is 1. The van der Waals surface area contributed by atoms with E-state index >= 15 is 0 Å². The van der Waals surface area contributed by atoms with Gasteiger partial charge in [0.1, 0.15) is 6.04 Å². The Morgan fingerprint density at radius 1 is 1.18 bits per heavy atom. The van der Waals surface area contributed by atoms with E-state index in [4.69, 9.17) is 4.98 Å². The standard InChI is InChI=1S/C23H27N4O/c1-26-15-5-8-18-9-11-20(25-22(18)26)13-14-24-23(28)27(2)21-12-10-17-6-3-4-7-19(17)16-21/h3-4,6-7,9,11,21H,1-2,5,8,10,12-16H2/q+1/p+1. The highest BCUT2D eigenvalue weighted by Crippen LogP contribution is 2.23. The number of carbonyl (C=O) groups is 1. The molecule has 1 atom stereocenters. The smallest absolute Gasteiger partial charge is 0.238 e. The van der Waals surface area contributed by atoms with E-state index in [1.54, 1.807) is 4.58 Å². The lowest BCUT2D eigenvalue weighted by Gasteiger charge is -2.23. The predicted molar refractivity (Wildman–Crippen MR) is 111 cm³/mol. The molecule has 2 heterocycles. The Morgan fingerprint density at radius 2 is 2.00 bits per heavy atom. The first kappa shape index (κ1) is 18.5. The van der Waals surface area contributed by atoms with Gasteiger partial charge >= 0.3 is 11.8 Å². The number of urea groups is 1. The van der Waals surface area contributed by atoms with Gasteiger partial charge in [0, 0.05) is 12.0 Å². The number of nitrogens with zero attached hydrogens (tertiary/aromatic N) is 3. The maximum absolute atomic E-state index is 12.5. The molecule has 5 nitrogen and oxygen atoms in total. The van der Waals surface area contributed by atoms with E-state index in [1.165, 1.54) is 16.7 Å². The van der Waals surface area contributed by atoms with Crippen LogP contribution in [0.15, 0.2) is 36.4 Å². The Morgan fingerprint density at radius 3 is 2.86 bits per heavy atom. The van der Waals surface area contributed by atoms with Crippen LogP contribution in [0.5, 0.6) is 0 Å². The SMILES string of the molecule is C=[N+]1CCCc2ccc(CCNC(=O)[N+](=C)C3CCc4ccccc4C3)nc21. The van der Waals surface area contributed by atoms with E-state index < -0.39 is 0 Å². The summed E-state index contributed by atoms with van der Waals surface area (Å²) >= 11 is 0. The van der Waals surface area contributed by atoms with Gasteiger partial charge in [-0.1, -0.05) is 24.3 Å². The summed E-state index contributed by atoms with van der Waals surface area (Å²) in [6.45, 7) is 9.58. The third kappa shape index (κ3) is 3.88. The van der Waals surface area contributed by atoms with Crippen molar-refractivity contribution in [2.75, 3.05) is 13.1 Å². The van der Waals surface area contributed by atoms with Crippen molar-refractivity contribution < 1.29 is 13.9 Å². The van der Waals surface area contributed by atoms with E-state index in [9.17, 15) is 4.79 Å². The number of aryl methyl sites for hydroxylation is 2. The zero-order chi connectivity index (χ0) is 19.5. The maximum Gasteiger partial charge on any atom is 0.490 e. The molecule has 1 aromatic heterocycles. The van der Waals surface area contributed by atoms with Crippen LogP contribution >= 0.6 is 0 Å². The minimum atomic E-state index is -0.110. The third-order valence-electron chi connectivity index (χ3n) is 5.87. The van der Waals surface area contributed by atoms with E-state index in [2.05, 4.69) is 55.2 Å². The number of hydrogen-bond acceptors (Lipinski definition) is 2. The van der Waals surface area contributed by atoms with Crippen molar-refractivity contribution in [3.63, 3.8) is 0 Å². The number of benzene rings is 1. The lowest BCUT2D eigenvalue weighted by atomic mass is 9.88. The highest BCUT2D eigenvalue weighted by Gasteiger charge is 2.28. The van der Waals surface area contributed by atoms with Crippen molar-refractivity contribution in [2.45, 2.75) is 44.6 Å². The largest absolute Gasteiger partial charge is 0.490 e. The molecule has 1 aliphatic carbocycles. The zero-order valence-electron chi connectivity index (χ0n) is 16.4. The second-order valence-electron chi connectivity index (χ2n) is 7.77. The summed E-state index contributed by atoms with van der Waals surface area (Å²) < 4.78 is 3.59. The summed E-state index contributed by atoms with van der Waals surface area (Å²) in [5.74, 6) is 0.981. The summed E-state index contributed by atoms with van der Waals surface area (Å²) in [4.78, 5) is 17.3. The van der Waals surface area contributed by atoms with Crippen LogP contribution in [0.25, 0.3) is 0 Å². The van der Waals surface area contributed by atoms with E-state index in [0.29, 0.717) is 13.0 Å². The summed E-state index contributed by atoms with van der Waals surface area (Å²) in [6, 6.07) is 12.7. The monoisotopic (exact) mass is 376 g/mol. The second kappa shape index (κ2) is 8.05. The van der Waals surface area contributed by atoms with Gasteiger partial charge in [0.15, 0.2) is 5.69 Å². The molecule has 1 N–H and O–H groups in total. The topological polar surface area (TPSA) is 48.0 Å². The Bertz CT molecular complexity index is 934. The molecule has 144 valence electrons. The van der Waals surface area contributed by atoms with Crippen LogP contribution in [0.3, 0.4) is 0 Å². The van der Waals surface area contributed by atoms with Crippen molar-refractivity contribution in [3.05, 3.63) is 58.8 Å². The third-order valence-corrected chi connectivity index (χ3v) is 5.87. The van der Waals surface area contributed by atoms with Gasteiger partial charge in [-0.2, -0.15) is 4.79 Å². The highest BCUT2D eigenvalue weighted by atomic mass is 16.2. The van der Waals surface area contributed by atoms with Crippen LogP contribution in [-0.4, -0.2) is 52.7 Å². The minimum Gasteiger partial charge on any atom is -0.238 e. The lowest BCUT2D eigenvalue weighted by Crippen LogP contribution is -2.41. The van der Waals surface area contributed by atoms with Gasteiger partial charge in [-0.3, -0.25) is 0 Å². The molecular weight excluding hydrogens is 348 g/mol. The molecule has 0 bridgehead atoms. The predicted octanol–water partition coefficient (Wildman–Crippen LogP) is 2.90. The number of fused-ring (bicyclic) bond motifs is 2. The quantitative estimate of drug-likeness (QED) is 0.659. The molecule has 2 aromatic rings. The Balaban J connectivity index is 1.31. The number of amides is 2. The molecule has 0 spiro atoms. The fraction of sp³-hybridized carbons (Fsp3) is 0.391. The first-order chi connectivity index (χ1) is 13.6. The molecule has 4 rings (SSSR count).